The van der Waals surface area contributed by atoms with Gasteiger partial charge in [-0.3, -0.25) is 0 Å². The molecular weight excluding hydrogens is 320 g/mol. The van der Waals surface area contributed by atoms with Gasteiger partial charge in [0.1, 0.15) is 0 Å². The predicted molar refractivity (Wildman–Crippen MR) is 92.9 cm³/mol. The summed E-state index contributed by atoms with van der Waals surface area (Å²) in [6, 6.07) is 9.40. The molecule has 7 heteroatoms. The summed E-state index contributed by atoms with van der Waals surface area (Å²) < 4.78 is 5.31. The molecule has 3 rings (SSSR count). The summed E-state index contributed by atoms with van der Waals surface area (Å²) in [6.07, 6.45) is 2.33. The van der Waals surface area contributed by atoms with Crippen LogP contribution in [0, 0.1) is 5.92 Å². The second kappa shape index (κ2) is 8.11. The number of aromatic nitrogens is 2. The number of nitrogens with one attached hydrogen (secondary N) is 2. The molecule has 0 unspecified atom stereocenters. The largest absolute Gasteiger partial charge is 0.393 e. The van der Waals surface area contributed by atoms with Crippen molar-refractivity contribution in [3.05, 3.63) is 36.2 Å². The maximum atomic E-state index is 11.9. The van der Waals surface area contributed by atoms with Crippen LogP contribution in [0.25, 0.3) is 11.4 Å². The molecular formula is C18H24N4O3. The molecule has 1 saturated carbocycles. The lowest BCUT2D eigenvalue weighted by Crippen LogP contribution is -2.39. The van der Waals surface area contributed by atoms with Crippen molar-refractivity contribution >= 4 is 6.03 Å². The van der Waals surface area contributed by atoms with Crippen molar-refractivity contribution in [1.29, 1.82) is 0 Å². The number of urea groups is 1. The summed E-state index contributed by atoms with van der Waals surface area (Å²) in [5.41, 5.74) is 0.897. The molecule has 0 bridgehead atoms. The number of amides is 2. The first-order chi connectivity index (χ1) is 12.1. The predicted octanol–water partition coefficient (Wildman–Crippen LogP) is 2.30. The van der Waals surface area contributed by atoms with Gasteiger partial charge in [-0.25, -0.2) is 4.79 Å². The van der Waals surface area contributed by atoms with Crippen LogP contribution in [0.15, 0.2) is 34.9 Å². The maximum absolute atomic E-state index is 11.9. The molecule has 2 amide bonds. The number of carbonyl (C=O) groups is 1. The quantitative estimate of drug-likeness (QED) is 0.746. The molecule has 1 aliphatic carbocycles. The highest BCUT2D eigenvalue weighted by Gasteiger charge is 2.23. The van der Waals surface area contributed by atoms with Crippen molar-refractivity contribution in [1.82, 2.24) is 20.8 Å². The fourth-order valence-electron chi connectivity index (χ4n) is 3.01. The van der Waals surface area contributed by atoms with E-state index in [1.807, 2.05) is 37.3 Å². The Morgan fingerprint density at radius 3 is 2.84 bits per heavy atom. The van der Waals surface area contributed by atoms with Crippen LogP contribution >= 0.6 is 0 Å². The topological polar surface area (TPSA) is 100 Å². The van der Waals surface area contributed by atoms with Gasteiger partial charge in [0, 0.05) is 18.7 Å². The molecule has 7 nitrogen and oxygen atoms in total. The van der Waals surface area contributed by atoms with E-state index in [0.29, 0.717) is 30.7 Å². The first-order valence-corrected chi connectivity index (χ1v) is 8.70. The van der Waals surface area contributed by atoms with Gasteiger partial charge in [0.25, 0.3) is 0 Å². The molecule has 1 aromatic heterocycles. The summed E-state index contributed by atoms with van der Waals surface area (Å²) >= 11 is 0. The van der Waals surface area contributed by atoms with Gasteiger partial charge in [-0.15, -0.1) is 0 Å². The van der Waals surface area contributed by atoms with Crippen molar-refractivity contribution in [2.24, 2.45) is 5.92 Å². The second-order valence-electron chi connectivity index (χ2n) is 6.65. The average Bonchev–Trinajstić information content (AvgIpc) is 3.28. The molecule has 0 aliphatic heterocycles. The van der Waals surface area contributed by atoms with Crippen LogP contribution in [0.4, 0.5) is 4.79 Å². The lowest BCUT2D eigenvalue weighted by atomic mass is 10.1. The zero-order valence-electron chi connectivity index (χ0n) is 14.3. The van der Waals surface area contributed by atoms with Crippen molar-refractivity contribution in [2.45, 2.75) is 38.2 Å². The number of benzene rings is 1. The molecule has 1 fully saturated rings. The van der Waals surface area contributed by atoms with Crippen LogP contribution in [0.1, 0.15) is 38.0 Å². The molecule has 0 radical (unpaired) electrons. The highest BCUT2D eigenvalue weighted by atomic mass is 16.5. The smallest absolute Gasteiger partial charge is 0.314 e. The SMILES string of the molecule is C[C@H](CNC(=O)NC[C@H]1CC[C@@H](O)C1)c1nc(-c2ccccc2)no1. The van der Waals surface area contributed by atoms with Gasteiger partial charge < -0.3 is 20.3 Å². The monoisotopic (exact) mass is 344 g/mol. The Morgan fingerprint density at radius 1 is 1.32 bits per heavy atom. The zero-order chi connectivity index (χ0) is 17.6. The average molecular weight is 344 g/mol. The Hall–Kier alpha value is -2.41. The van der Waals surface area contributed by atoms with Crippen LogP contribution < -0.4 is 10.6 Å². The van der Waals surface area contributed by atoms with Crippen LogP contribution in [-0.4, -0.2) is 40.5 Å². The summed E-state index contributed by atoms with van der Waals surface area (Å²) in [5, 5.41) is 19.2. The lowest BCUT2D eigenvalue weighted by molar-refractivity contribution is 0.177. The van der Waals surface area contributed by atoms with Gasteiger partial charge in [-0.2, -0.15) is 4.98 Å². The molecule has 25 heavy (non-hydrogen) atoms. The Kier molecular flexibility index (Phi) is 5.65. The number of nitrogens with zero attached hydrogens (tertiary/aromatic N) is 2. The number of carbonyl (C=O) groups excluding carboxylic acids is 1. The molecule has 3 atom stereocenters. The van der Waals surface area contributed by atoms with Crippen LogP contribution in [0.3, 0.4) is 0 Å². The minimum atomic E-state index is -0.216. The van der Waals surface area contributed by atoms with Gasteiger partial charge in [0.15, 0.2) is 0 Å². The third-order valence-corrected chi connectivity index (χ3v) is 4.53. The van der Waals surface area contributed by atoms with E-state index in [0.717, 1.165) is 24.8 Å². The van der Waals surface area contributed by atoms with Crippen molar-refractivity contribution in [3.8, 4) is 11.4 Å². The second-order valence-corrected chi connectivity index (χ2v) is 6.65. The van der Waals surface area contributed by atoms with E-state index in [-0.39, 0.29) is 18.1 Å². The normalized spacial score (nSPS) is 21.0. The van der Waals surface area contributed by atoms with Gasteiger partial charge in [-0.1, -0.05) is 42.4 Å². The molecule has 2 aromatic rings. The van der Waals surface area contributed by atoms with Gasteiger partial charge in [-0.05, 0) is 25.2 Å². The fraction of sp³-hybridized carbons (Fsp3) is 0.500. The van der Waals surface area contributed by atoms with E-state index in [9.17, 15) is 9.90 Å². The number of rotatable bonds is 6. The molecule has 1 heterocycles. The summed E-state index contributed by atoms with van der Waals surface area (Å²) in [4.78, 5) is 16.3. The molecule has 1 aliphatic rings. The van der Waals surface area contributed by atoms with E-state index >= 15 is 0 Å². The minimum absolute atomic E-state index is 0.0796. The van der Waals surface area contributed by atoms with Crippen molar-refractivity contribution in [2.75, 3.05) is 13.1 Å². The zero-order valence-corrected chi connectivity index (χ0v) is 14.3. The van der Waals surface area contributed by atoms with Crippen molar-refractivity contribution in [3.63, 3.8) is 0 Å². The van der Waals surface area contributed by atoms with Crippen molar-refractivity contribution < 1.29 is 14.4 Å². The number of aliphatic hydroxyl groups is 1. The highest BCUT2D eigenvalue weighted by molar-refractivity contribution is 5.73. The fourth-order valence-corrected chi connectivity index (χ4v) is 3.01. The number of hydrogen-bond acceptors (Lipinski definition) is 5. The molecule has 134 valence electrons. The molecule has 0 saturated heterocycles. The molecule has 1 aromatic carbocycles. The first kappa shape index (κ1) is 17.4. The number of aliphatic hydroxyl groups excluding tert-OH is 1. The standard InChI is InChI=1S/C18H24N4O3/c1-12(10-19-18(24)20-11-13-7-8-15(23)9-13)17-21-16(22-25-17)14-5-3-2-4-6-14/h2-6,12-13,15,23H,7-11H2,1H3,(H2,19,20,24)/t12-,13+,15-/m1/s1. The summed E-state index contributed by atoms with van der Waals surface area (Å²) in [6.45, 7) is 2.93. The first-order valence-electron chi connectivity index (χ1n) is 8.70. The lowest BCUT2D eigenvalue weighted by Gasteiger charge is -2.13. The van der Waals surface area contributed by atoms with Gasteiger partial charge in [0.05, 0.1) is 12.0 Å². The van der Waals surface area contributed by atoms with E-state index in [2.05, 4.69) is 20.8 Å². The highest BCUT2D eigenvalue weighted by Crippen LogP contribution is 2.24. The molecule has 3 N–H and O–H groups in total. The number of hydrogen-bond donors (Lipinski definition) is 3. The van der Waals surface area contributed by atoms with E-state index < -0.39 is 0 Å². The Labute approximate surface area is 146 Å². The molecule has 0 spiro atoms. The van der Waals surface area contributed by atoms with Gasteiger partial charge in [0.2, 0.25) is 11.7 Å². The third kappa shape index (κ3) is 4.79. The summed E-state index contributed by atoms with van der Waals surface area (Å²) in [5.74, 6) is 1.33. The van der Waals surface area contributed by atoms with Gasteiger partial charge >= 0.3 is 6.03 Å². The Bertz CT molecular complexity index is 689. The van der Waals surface area contributed by atoms with E-state index in [1.54, 1.807) is 0 Å². The Balaban J connectivity index is 1.44. The third-order valence-electron chi connectivity index (χ3n) is 4.53. The minimum Gasteiger partial charge on any atom is -0.393 e. The Morgan fingerprint density at radius 2 is 2.12 bits per heavy atom. The van der Waals surface area contributed by atoms with Crippen LogP contribution in [0.2, 0.25) is 0 Å². The van der Waals surface area contributed by atoms with Crippen LogP contribution in [0.5, 0.6) is 0 Å². The van der Waals surface area contributed by atoms with E-state index in [1.165, 1.54) is 0 Å². The van der Waals surface area contributed by atoms with E-state index in [4.69, 9.17) is 4.52 Å². The maximum Gasteiger partial charge on any atom is 0.314 e. The van der Waals surface area contributed by atoms with Crippen LogP contribution in [-0.2, 0) is 0 Å². The summed E-state index contributed by atoms with van der Waals surface area (Å²) in [7, 11) is 0.